The zero-order valence-corrected chi connectivity index (χ0v) is 10.2. The highest BCUT2D eigenvalue weighted by atomic mass is 19.3. The fourth-order valence-electron chi connectivity index (χ4n) is 1.97. The average molecular weight is 250 g/mol. The predicted octanol–water partition coefficient (Wildman–Crippen LogP) is 3.30. The van der Waals surface area contributed by atoms with Crippen molar-refractivity contribution in [2.24, 2.45) is 5.73 Å². The van der Waals surface area contributed by atoms with Crippen molar-refractivity contribution in [3.05, 3.63) is 59.9 Å². The Bertz CT molecular complexity index is 504. The van der Waals surface area contributed by atoms with Crippen LogP contribution in [0.1, 0.15) is 24.2 Å². The van der Waals surface area contributed by atoms with Crippen molar-refractivity contribution in [2.75, 3.05) is 0 Å². The Kier molecular flexibility index (Phi) is 3.48. The average Bonchev–Trinajstić information content (AvgIpc) is 2.78. The molecule has 2 nitrogen and oxygen atoms in total. The molecule has 1 aromatic heterocycles. The van der Waals surface area contributed by atoms with Gasteiger partial charge in [-0.2, -0.15) is 8.78 Å². The van der Waals surface area contributed by atoms with Crippen molar-refractivity contribution in [3.63, 3.8) is 0 Å². The molecule has 0 aliphatic rings. The van der Waals surface area contributed by atoms with Crippen LogP contribution < -0.4 is 5.73 Å². The van der Waals surface area contributed by atoms with E-state index in [0.29, 0.717) is 5.69 Å². The van der Waals surface area contributed by atoms with Crippen LogP contribution in [0.5, 0.6) is 0 Å². The van der Waals surface area contributed by atoms with E-state index in [1.807, 2.05) is 0 Å². The molecule has 0 radical (unpaired) electrons. The summed E-state index contributed by atoms with van der Waals surface area (Å²) in [5.74, 6) is -2.90. The first-order chi connectivity index (χ1) is 8.50. The number of nitrogens with two attached hydrogens (primary N) is 1. The number of hydrogen-bond donors (Lipinski definition) is 1. The van der Waals surface area contributed by atoms with Gasteiger partial charge in [0.15, 0.2) is 0 Å². The van der Waals surface area contributed by atoms with E-state index in [-0.39, 0.29) is 18.2 Å². The summed E-state index contributed by atoms with van der Waals surface area (Å²) in [6, 6.07) is 11.1. The van der Waals surface area contributed by atoms with Crippen LogP contribution in [0.4, 0.5) is 8.78 Å². The molecule has 0 bridgehead atoms. The van der Waals surface area contributed by atoms with Crippen LogP contribution in [0.15, 0.2) is 48.7 Å². The first-order valence-corrected chi connectivity index (χ1v) is 5.84. The Morgan fingerprint density at radius 1 is 1.17 bits per heavy atom. The Balaban J connectivity index is 2.25. The Morgan fingerprint density at radius 2 is 1.83 bits per heavy atom. The van der Waals surface area contributed by atoms with Gasteiger partial charge in [0.1, 0.15) is 0 Å². The summed E-state index contributed by atoms with van der Waals surface area (Å²) < 4.78 is 29.7. The van der Waals surface area contributed by atoms with E-state index < -0.39 is 5.92 Å². The largest absolute Gasteiger partial charge is 0.344 e. The summed E-state index contributed by atoms with van der Waals surface area (Å²) in [6.45, 7) is 1.40. The molecule has 2 aromatic rings. The van der Waals surface area contributed by atoms with Gasteiger partial charge in [0.2, 0.25) is 0 Å². The lowest BCUT2D eigenvalue weighted by molar-refractivity contribution is -0.0229. The Hall–Kier alpha value is -1.68. The highest BCUT2D eigenvalue weighted by Crippen LogP contribution is 2.30. The Morgan fingerprint density at radius 3 is 2.44 bits per heavy atom. The fourth-order valence-corrected chi connectivity index (χ4v) is 1.97. The van der Waals surface area contributed by atoms with Crippen LogP contribution >= 0.6 is 0 Å². The number of hydrogen-bond acceptors (Lipinski definition) is 1. The molecular formula is C14H16F2N2. The standard InChI is InChI=1S/C14H16F2N2/c1-11(17)13-8-5-9-18(13)10-14(15,16)12-6-3-2-4-7-12/h2-9,11H,10,17H2,1H3. The van der Waals surface area contributed by atoms with E-state index in [1.165, 1.54) is 16.7 Å². The van der Waals surface area contributed by atoms with E-state index in [2.05, 4.69) is 0 Å². The molecule has 0 fully saturated rings. The van der Waals surface area contributed by atoms with Gasteiger partial charge < -0.3 is 10.3 Å². The third-order valence-electron chi connectivity index (χ3n) is 2.90. The number of halogens is 2. The molecule has 1 heterocycles. The third kappa shape index (κ3) is 2.59. The molecule has 1 aromatic carbocycles. The predicted molar refractivity (Wildman–Crippen MR) is 67.4 cm³/mol. The minimum atomic E-state index is -2.90. The van der Waals surface area contributed by atoms with Crippen LogP contribution in [0, 0.1) is 0 Å². The van der Waals surface area contributed by atoms with Crippen LogP contribution in [0.25, 0.3) is 0 Å². The highest BCUT2D eigenvalue weighted by molar-refractivity contribution is 5.21. The summed E-state index contributed by atoms with van der Waals surface area (Å²) in [5, 5.41) is 0. The maximum absolute atomic E-state index is 14.1. The smallest absolute Gasteiger partial charge is 0.290 e. The highest BCUT2D eigenvalue weighted by Gasteiger charge is 2.32. The number of alkyl halides is 2. The van der Waals surface area contributed by atoms with Crippen molar-refractivity contribution in [1.82, 2.24) is 4.57 Å². The molecule has 0 aliphatic carbocycles. The van der Waals surface area contributed by atoms with E-state index >= 15 is 0 Å². The molecule has 0 saturated heterocycles. The van der Waals surface area contributed by atoms with Gasteiger partial charge in [-0.05, 0) is 19.1 Å². The van der Waals surface area contributed by atoms with Crippen molar-refractivity contribution < 1.29 is 8.78 Å². The molecule has 1 atom stereocenters. The lowest BCUT2D eigenvalue weighted by Gasteiger charge is -2.20. The molecule has 0 amide bonds. The summed E-state index contributed by atoms with van der Waals surface area (Å²) >= 11 is 0. The van der Waals surface area contributed by atoms with Gasteiger partial charge in [-0.3, -0.25) is 0 Å². The first kappa shape index (κ1) is 12.8. The molecule has 4 heteroatoms. The number of rotatable bonds is 4. The van der Waals surface area contributed by atoms with Crippen LogP contribution in [-0.2, 0) is 12.5 Å². The summed E-state index contributed by atoms with van der Waals surface area (Å²) in [4.78, 5) is 0. The van der Waals surface area contributed by atoms with Crippen LogP contribution in [0.2, 0.25) is 0 Å². The summed E-state index contributed by atoms with van der Waals surface area (Å²) in [7, 11) is 0. The minimum Gasteiger partial charge on any atom is -0.344 e. The topological polar surface area (TPSA) is 30.9 Å². The minimum absolute atomic E-state index is 0.0225. The van der Waals surface area contributed by atoms with Gasteiger partial charge in [-0.15, -0.1) is 0 Å². The number of benzene rings is 1. The zero-order valence-electron chi connectivity index (χ0n) is 10.2. The molecule has 2 N–H and O–H groups in total. The van der Waals surface area contributed by atoms with Gasteiger partial charge >= 0.3 is 0 Å². The molecule has 0 aliphatic heterocycles. The number of aromatic nitrogens is 1. The molecular weight excluding hydrogens is 234 g/mol. The summed E-state index contributed by atoms with van der Waals surface area (Å²) in [6.07, 6.45) is 1.63. The van der Waals surface area contributed by atoms with Crippen molar-refractivity contribution in [2.45, 2.75) is 25.4 Å². The van der Waals surface area contributed by atoms with Gasteiger partial charge in [0, 0.05) is 23.5 Å². The lowest BCUT2D eigenvalue weighted by Crippen LogP contribution is -2.23. The van der Waals surface area contributed by atoms with Crippen molar-refractivity contribution >= 4 is 0 Å². The molecule has 0 saturated carbocycles. The van der Waals surface area contributed by atoms with Gasteiger partial charge in [0.05, 0.1) is 6.54 Å². The first-order valence-electron chi connectivity index (χ1n) is 5.84. The SMILES string of the molecule is CC(N)c1cccn1CC(F)(F)c1ccccc1. The maximum atomic E-state index is 14.1. The van der Waals surface area contributed by atoms with E-state index in [9.17, 15) is 8.78 Å². The molecule has 0 spiro atoms. The van der Waals surface area contributed by atoms with Crippen molar-refractivity contribution in [1.29, 1.82) is 0 Å². The fraction of sp³-hybridized carbons (Fsp3) is 0.286. The van der Waals surface area contributed by atoms with Gasteiger partial charge in [0.25, 0.3) is 5.92 Å². The molecule has 1 unspecified atom stereocenters. The number of nitrogens with zero attached hydrogens (tertiary/aromatic N) is 1. The lowest BCUT2D eigenvalue weighted by atomic mass is 10.1. The zero-order chi connectivity index (χ0) is 13.2. The normalized spacial score (nSPS) is 13.6. The van der Waals surface area contributed by atoms with Crippen LogP contribution in [0.3, 0.4) is 0 Å². The van der Waals surface area contributed by atoms with Crippen molar-refractivity contribution in [3.8, 4) is 0 Å². The quantitative estimate of drug-likeness (QED) is 0.886. The Labute approximate surface area is 105 Å². The summed E-state index contributed by atoms with van der Waals surface area (Å²) in [5.41, 5.74) is 6.49. The second-order valence-corrected chi connectivity index (χ2v) is 4.42. The second-order valence-electron chi connectivity index (χ2n) is 4.42. The molecule has 18 heavy (non-hydrogen) atoms. The third-order valence-corrected chi connectivity index (χ3v) is 2.90. The monoisotopic (exact) mass is 250 g/mol. The van der Waals surface area contributed by atoms with Gasteiger partial charge in [-0.25, -0.2) is 0 Å². The van der Waals surface area contributed by atoms with E-state index in [0.717, 1.165) is 0 Å². The van der Waals surface area contributed by atoms with E-state index in [1.54, 1.807) is 43.5 Å². The second kappa shape index (κ2) is 4.90. The van der Waals surface area contributed by atoms with Gasteiger partial charge in [-0.1, -0.05) is 30.3 Å². The maximum Gasteiger partial charge on any atom is 0.290 e. The van der Waals surface area contributed by atoms with E-state index in [4.69, 9.17) is 5.73 Å². The molecule has 2 rings (SSSR count). The molecule has 96 valence electrons. The van der Waals surface area contributed by atoms with Crippen LogP contribution in [-0.4, -0.2) is 4.57 Å².